The molecular formula is C12H16FNO4S. The van der Waals surface area contributed by atoms with Crippen LogP contribution < -0.4 is 4.72 Å². The van der Waals surface area contributed by atoms with Crippen molar-refractivity contribution in [2.45, 2.75) is 38.1 Å². The number of benzene rings is 1. The van der Waals surface area contributed by atoms with E-state index in [-0.39, 0.29) is 22.4 Å². The Labute approximate surface area is 111 Å². The summed E-state index contributed by atoms with van der Waals surface area (Å²) >= 11 is 0. The van der Waals surface area contributed by atoms with Gasteiger partial charge >= 0.3 is 5.97 Å². The number of aryl methyl sites for hydroxylation is 2. The molecular weight excluding hydrogens is 273 g/mol. The average molecular weight is 289 g/mol. The standard InChI is InChI=1S/C12H16FNO4S/c1-4-10(12(15)16)14-19(17,18)11-7(2)5-9(13)6-8(11)3/h5-6,10,14H,4H2,1-3H3,(H,15,16). The number of rotatable bonds is 5. The maximum atomic E-state index is 13.1. The molecule has 106 valence electrons. The molecule has 7 heteroatoms. The maximum absolute atomic E-state index is 13.1. The van der Waals surface area contributed by atoms with Crippen LogP contribution in [-0.2, 0) is 14.8 Å². The third-order valence-corrected chi connectivity index (χ3v) is 4.47. The van der Waals surface area contributed by atoms with E-state index in [0.29, 0.717) is 0 Å². The Morgan fingerprint density at radius 2 is 1.84 bits per heavy atom. The molecule has 0 radical (unpaired) electrons. The lowest BCUT2D eigenvalue weighted by Crippen LogP contribution is -2.40. The number of sulfonamides is 1. The van der Waals surface area contributed by atoms with Gasteiger partial charge in [-0.25, -0.2) is 12.8 Å². The van der Waals surface area contributed by atoms with Crippen LogP contribution in [0.15, 0.2) is 17.0 Å². The van der Waals surface area contributed by atoms with Gasteiger partial charge in [-0.3, -0.25) is 4.79 Å². The molecule has 0 aromatic heterocycles. The van der Waals surface area contributed by atoms with Gasteiger partial charge in [-0.05, 0) is 43.5 Å². The third-order valence-electron chi connectivity index (χ3n) is 2.70. The van der Waals surface area contributed by atoms with Gasteiger partial charge in [0.05, 0.1) is 4.90 Å². The molecule has 0 aliphatic carbocycles. The fourth-order valence-corrected chi connectivity index (χ4v) is 3.60. The zero-order chi connectivity index (χ0) is 14.8. The average Bonchev–Trinajstić information content (AvgIpc) is 2.23. The minimum Gasteiger partial charge on any atom is -0.480 e. The number of carboxylic acids is 1. The Kier molecular flexibility index (Phi) is 4.65. The van der Waals surface area contributed by atoms with Crippen molar-refractivity contribution in [2.24, 2.45) is 0 Å². The number of carbonyl (C=O) groups is 1. The first-order valence-corrected chi connectivity index (χ1v) is 7.19. The van der Waals surface area contributed by atoms with Gasteiger partial charge in [0.1, 0.15) is 11.9 Å². The molecule has 0 bridgehead atoms. The van der Waals surface area contributed by atoms with Crippen LogP contribution >= 0.6 is 0 Å². The summed E-state index contributed by atoms with van der Waals surface area (Å²) in [6.07, 6.45) is 0.119. The van der Waals surface area contributed by atoms with E-state index in [9.17, 15) is 17.6 Å². The highest BCUT2D eigenvalue weighted by Gasteiger charge is 2.26. The Hall–Kier alpha value is -1.47. The van der Waals surface area contributed by atoms with Crippen molar-refractivity contribution in [1.82, 2.24) is 4.72 Å². The summed E-state index contributed by atoms with van der Waals surface area (Å²) < 4.78 is 39.6. The van der Waals surface area contributed by atoms with Crippen molar-refractivity contribution < 1.29 is 22.7 Å². The van der Waals surface area contributed by atoms with Gasteiger partial charge in [-0.2, -0.15) is 4.72 Å². The molecule has 1 unspecified atom stereocenters. The van der Waals surface area contributed by atoms with Crippen molar-refractivity contribution in [1.29, 1.82) is 0 Å². The lowest BCUT2D eigenvalue weighted by molar-refractivity contribution is -0.139. The van der Waals surface area contributed by atoms with Crippen LogP contribution in [0.1, 0.15) is 24.5 Å². The highest BCUT2D eigenvalue weighted by molar-refractivity contribution is 7.89. The largest absolute Gasteiger partial charge is 0.480 e. The Morgan fingerprint density at radius 1 is 1.37 bits per heavy atom. The molecule has 0 aliphatic heterocycles. The molecule has 5 nitrogen and oxygen atoms in total. The van der Waals surface area contributed by atoms with Crippen LogP contribution in [0.5, 0.6) is 0 Å². The summed E-state index contributed by atoms with van der Waals surface area (Å²) in [6, 6.07) is 1.00. The van der Waals surface area contributed by atoms with Gasteiger partial charge in [0.25, 0.3) is 0 Å². The SMILES string of the molecule is CCC(NS(=O)(=O)c1c(C)cc(F)cc1C)C(=O)O. The number of hydrogen-bond donors (Lipinski definition) is 2. The van der Waals surface area contributed by atoms with Crippen molar-refractivity contribution in [3.63, 3.8) is 0 Å². The van der Waals surface area contributed by atoms with Gasteiger partial charge in [0, 0.05) is 0 Å². The monoisotopic (exact) mass is 289 g/mol. The number of aliphatic carboxylic acids is 1. The van der Waals surface area contributed by atoms with Gasteiger partial charge in [-0.1, -0.05) is 6.92 Å². The summed E-state index contributed by atoms with van der Waals surface area (Å²) in [7, 11) is -3.99. The number of carboxylic acid groups (broad SMARTS) is 1. The minimum absolute atomic E-state index is 0.0754. The van der Waals surface area contributed by atoms with E-state index in [1.165, 1.54) is 13.8 Å². The van der Waals surface area contributed by atoms with Gasteiger partial charge in [0.2, 0.25) is 10.0 Å². The lowest BCUT2D eigenvalue weighted by atomic mass is 10.1. The molecule has 0 amide bonds. The van der Waals surface area contributed by atoms with E-state index in [2.05, 4.69) is 4.72 Å². The van der Waals surface area contributed by atoms with E-state index < -0.39 is 27.9 Å². The first-order valence-electron chi connectivity index (χ1n) is 5.71. The van der Waals surface area contributed by atoms with Gasteiger partial charge < -0.3 is 5.11 Å². The molecule has 0 aliphatic rings. The van der Waals surface area contributed by atoms with E-state index in [0.717, 1.165) is 12.1 Å². The Morgan fingerprint density at radius 3 is 2.21 bits per heavy atom. The van der Waals surface area contributed by atoms with Crippen molar-refractivity contribution >= 4 is 16.0 Å². The normalized spacial score (nSPS) is 13.3. The number of halogens is 1. The second-order valence-electron chi connectivity index (χ2n) is 4.29. The Balaban J connectivity index is 3.25. The summed E-state index contributed by atoms with van der Waals surface area (Å²) in [6.45, 7) is 4.49. The molecule has 19 heavy (non-hydrogen) atoms. The summed E-state index contributed by atoms with van der Waals surface area (Å²) in [5.41, 5.74) is 0.482. The number of nitrogens with one attached hydrogen (secondary N) is 1. The molecule has 0 saturated carbocycles. The fraction of sp³-hybridized carbons (Fsp3) is 0.417. The van der Waals surface area contributed by atoms with Crippen molar-refractivity contribution in [3.8, 4) is 0 Å². The molecule has 2 N–H and O–H groups in total. The van der Waals surface area contributed by atoms with Gasteiger partial charge in [0.15, 0.2) is 0 Å². The van der Waals surface area contributed by atoms with Crippen molar-refractivity contribution in [3.05, 3.63) is 29.1 Å². The molecule has 1 aromatic carbocycles. The maximum Gasteiger partial charge on any atom is 0.321 e. The second-order valence-corrected chi connectivity index (χ2v) is 5.94. The summed E-state index contributed by atoms with van der Waals surface area (Å²) in [5, 5.41) is 8.88. The zero-order valence-corrected chi connectivity index (χ0v) is 11.7. The van der Waals surface area contributed by atoms with Crippen LogP contribution in [0.2, 0.25) is 0 Å². The molecule has 1 aromatic rings. The predicted molar refractivity (Wildman–Crippen MR) is 67.9 cm³/mol. The first kappa shape index (κ1) is 15.6. The second kappa shape index (κ2) is 5.66. The molecule has 1 rings (SSSR count). The van der Waals surface area contributed by atoms with Crippen LogP contribution in [0.4, 0.5) is 4.39 Å². The highest BCUT2D eigenvalue weighted by Crippen LogP contribution is 2.21. The van der Waals surface area contributed by atoms with E-state index in [4.69, 9.17) is 5.11 Å². The molecule has 0 heterocycles. The van der Waals surface area contributed by atoms with E-state index in [1.54, 1.807) is 6.92 Å². The van der Waals surface area contributed by atoms with Crippen LogP contribution in [0.25, 0.3) is 0 Å². The smallest absolute Gasteiger partial charge is 0.321 e. The lowest BCUT2D eigenvalue weighted by Gasteiger charge is -2.16. The minimum atomic E-state index is -3.99. The topological polar surface area (TPSA) is 83.5 Å². The van der Waals surface area contributed by atoms with Gasteiger partial charge in [-0.15, -0.1) is 0 Å². The Bertz CT molecular complexity index is 575. The fourth-order valence-electron chi connectivity index (χ4n) is 1.88. The predicted octanol–water partition coefficient (Wildman–Crippen LogP) is 1.58. The molecule has 1 atom stereocenters. The molecule has 0 spiro atoms. The van der Waals surface area contributed by atoms with Crippen LogP contribution in [0, 0.1) is 19.7 Å². The quantitative estimate of drug-likeness (QED) is 0.862. The summed E-state index contributed by atoms with van der Waals surface area (Å²) in [5.74, 6) is -1.78. The highest BCUT2D eigenvalue weighted by atomic mass is 32.2. The molecule has 0 saturated heterocycles. The van der Waals surface area contributed by atoms with Crippen LogP contribution in [0.3, 0.4) is 0 Å². The summed E-state index contributed by atoms with van der Waals surface area (Å²) in [4.78, 5) is 10.8. The molecule has 0 fully saturated rings. The number of hydrogen-bond acceptors (Lipinski definition) is 3. The van der Waals surface area contributed by atoms with Crippen LogP contribution in [-0.4, -0.2) is 25.5 Å². The van der Waals surface area contributed by atoms with E-state index >= 15 is 0 Å². The third kappa shape index (κ3) is 3.51. The first-order chi connectivity index (χ1) is 8.69. The zero-order valence-electron chi connectivity index (χ0n) is 10.9. The van der Waals surface area contributed by atoms with E-state index in [1.807, 2.05) is 0 Å². The van der Waals surface area contributed by atoms with Crippen molar-refractivity contribution in [2.75, 3.05) is 0 Å².